The summed E-state index contributed by atoms with van der Waals surface area (Å²) in [6.45, 7) is 0. The van der Waals surface area contributed by atoms with Crippen molar-refractivity contribution in [2.45, 2.75) is 8.86 Å². The molecule has 0 aromatic heterocycles. The molecule has 0 radical (unpaired) electrons. The Morgan fingerprint density at radius 1 is 1.10 bits per heavy atom. The van der Waals surface area contributed by atoms with Crippen molar-refractivity contribution in [2.24, 2.45) is 0 Å². The van der Waals surface area contributed by atoms with Gasteiger partial charge in [-0.05, 0) is 12.1 Å². The maximum absolute atomic E-state index is 5.36. The first kappa shape index (κ1) is 9.96. The molecule has 0 amide bonds. The van der Waals surface area contributed by atoms with Crippen LogP contribution in [0.4, 0.5) is 5.69 Å². The average molecular weight is 324 g/mol. The van der Waals surface area contributed by atoms with E-state index in [1.165, 1.54) is 0 Å². The first-order valence-electron chi connectivity index (χ1n) is 3.61. The van der Waals surface area contributed by atoms with Gasteiger partial charge in [0.05, 0.1) is 0 Å². The molecule has 0 bridgehead atoms. The van der Waals surface area contributed by atoms with Gasteiger partial charge in [-0.2, -0.15) is 0 Å². The average Bonchev–Trinajstić information content (AvgIpc) is 1.91. The summed E-state index contributed by atoms with van der Waals surface area (Å²) in [6.07, 6.45) is 0. The van der Waals surface area contributed by atoms with Crippen molar-refractivity contribution >= 4 is 5.69 Å². The monoisotopic (exact) mass is 325 g/mol. The number of hydrogen-bond acceptors (Lipinski definition) is 1. The van der Waals surface area contributed by atoms with E-state index in [1.807, 2.05) is 30.3 Å². The van der Waals surface area contributed by atoms with E-state index in [0.717, 1.165) is 5.69 Å². The van der Waals surface area contributed by atoms with Gasteiger partial charge in [0, 0.05) is 5.69 Å². The van der Waals surface area contributed by atoms with E-state index in [9.17, 15) is 0 Å². The molecule has 2 heteroatoms. The van der Waals surface area contributed by atoms with Crippen LogP contribution in [0.25, 0.3) is 0 Å². The minimum absolute atomic E-state index is 0.0833. The molecule has 0 heterocycles. The second-order valence-electron chi connectivity index (χ2n) is 2.12. The third-order valence-electron chi connectivity index (χ3n) is 0.800. The quantitative estimate of drug-likeness (QED) is 0.576. The van der Waals surface area contributed by atoms with Gasteiger partial charge >= 0.3 is 33.4 Å². The molecular weight excluding hydrogens is 311 g/mol. The van der Waals surface area contributed by atoms with Crippen molar-refractivity contribution in [2.75, 3.05) is 5.73 Å². The van der Waals surface area contributed by atoms with Crippen LogP contribution in [0.5, 0.6) is 0 Å². The van der Waals surface area contributed by atoms with E-state index >= 15 is 0 Å². The van der Waals surface area contributed by atoms with Crippen LogP contribution >= 0.6 is 0 Å². The Hall–Kier alpha value is -0.0449. The number of rotatable bonds is 0. The van der Waals surface area contributed by atoms with Crippen LogP contribution in [-0.4, -0.2) is 0 Å². The SMILES string of the molecule is Nc1ccccc1.[CH3][Hg][CH3]. The summed E-state index contributed by atoms with van der Waals surface area (Å²) in [5.41, 5.74) is 6.18. The molecule has 52 valence electrons. The Labute approximate surface area is 75.1 Å². The summed E-state index contributed by atoms with van der Waals surface area (Å²) in [4.78, 5) is 0. The molecular formula is C8H13HgN. The van der Waals surface area contributed by atoms with Crippen molar-refractivity contribution in [1.82, 2.24) is 0 Å². The molecule has 2 N–H and O–H groups in total. The van der Waals surface area contributed by atoms with Gasteiger partial charge in [-0.25, -0.2) is 0 Å². The maximum atomic E-state index is 5.36. The van der Waals surface area contributed by atoms with Crippen molar-refractivity contribution in [3.05, 3.63) is 30.3 Å². The summed E-state index contributed by atoms with van der Waals surface area (Å²) < 4.78 is 4.69. The molecule has 0 aliphatic rings. The third-order valence-corrected chi connectivity index (χ3v) is 0.800. The Kier molecular flexibility index (Phi) is 7.03. The predicted molar refractivity (Wildman–Crippen MR) is 42.6 cm³/mol. The first-order valence-corrected chi connectivity index (χ1v) is 14.6. The van der Waals surface area contributed by atoms with E-state index in [1.54, 1.807) is 0 Å². The molecule has 0 unspecified atom stereocenters. The van der Waals surface area contributed by atoms with Gasteiger partial charge in [0.2, 0.25) is 0 Å². The zero-order valence-electron chi connectivity index (χ0n) is 6.67. The number of para-hydroxylation sites is 1. The molecule has 0 aliphatic heterocycles. The Morgan fingerprint density at radius 3 is 1.70 bits per heavy atom. The molecule has 0 atom stereocenters. The van der Waals surface area contributed by atoms with Crippen LogP contribution < -0.4 is 5.73 Å². The van der Waals surface area contributed by atoms with E-state index in [0.29, 0.717) is 0 Å². The van der Waals surface area contributed by atoms with Crippen LogP contribution in [0.2, 0.25) is 8.86 Å². The molecule has 1 rings (SSSR count). The van der Waals surface area contributed by atoms with E-state index in [4.69, 9.17) is 5.73 Å². The zero-order chi connectivity index (χ0) is 7.82. The molecule has 1 aromatic carbocycles. The minimum atomic E-state index is -0.0833. The van der Waals surface area contributed by atoms with E-state index in [-0.39, 0.29) is 24.6 Å². The van der Waals surface area contributed by atoms with Gasteiger partial charge in [-0.15, -0.1) is 0 Å². The van der Waals surface area contributed by atoms with Gasteiger partial charge in [-0.1, -0.05) is 18.2 Å². The van der Waals surface area contributed by atoms with Gasteiger partial charge in [0.15, 0.2) is 0 Å². The van der Waals surface area contributed by atoms with Crippen molar-refractivity contribution in [3.63, 3.8) is 0 Å². The van der Waals surface area contributed by atoms with Gasteiger partial charge in [0.1, 0.15) is 0 Å². The second kappa shape index (κ2) is 7.07. The Morgan fingerprint density at radius 2 is 1.50 bits per heavy atom. The first-order chi connectivity index (χ1) is 4.81. The number of hydrogen-bond donors (Lipinski definition) is 1. The molecule has 0 spiro atoms. The number of nitrogens with two attached hydrogens (primary N) is 1. The van der Waals surface area contributed by atoms with Crippen molar-refractivity contribution in [1.29, 1.82) is 0 Å². The summed E-state index contributed by atoms with van der Waals surface area (Å²) in [5.74, 6) is 0. The second-order valence-corrected chi connectivity index (χ2v) is 7.62. The summed E-state index contributed by atoms with van der Waals surface area (Å²) >= 11 is -0.0833. The molecule has 10 heavy (non-hydrogen) atoms. The topological polar surface area (TPSA) is 26.0 Å². The Balaban J connectivity index is 0.000000236. The van der Waals surface area contributed by atoms with Crippen LogP contribution in [0.3, 0.4) is 0 Å². The molecule has 1 nitrogen and oxygen atoms in total. The van der Waals surface area contributed by atoms with Crippen LogP contribution in [0.15, 0.2) is 30.3 Å². The molecule has 1 aromatic rings. The zero-order valence-corrected chi connectivity index (χ0v) is 12.2. The summed E-state index contributed by atoms with van der Waals surface area (Å²) in [5, 5.41) is 0. The fourth-order valence-corrected chi connectivity index (χ4v) is 0.453. The fraction of sp³-hybridized carbons (Fsp3) is 0.250. The number of nitrogen functional groups attached to an aromatic ring is 1. The number of benzene rings is 1. The van der Waals surface area contributed by atoms with Crippen LogP contribution in [-0.2, 0) is 24.6 Å². The molecule has 0 fully saturated rings. The van der Waals surface area contributed by atoms with E-state index < -0.39 is 0 Å². The van der Waals surface area contributed by atoms with Gasteiger partial charge in [0.25, 0.3) is 0 Å². The normalized spacial score (nSPS) is 7.00. The van der Waals surface area contributed by atoms with Crippen molar-refractivity contribution in [3.8, 4) is 0 Å². The molecule has 0 saturated carbocycles. The predicted octanol–water partition coefficient (Wildman–Crippen LogP) is 2.43. The summed E-state index contributed by atoms with van der Waals surface area (Å²) in [7, 11) is 0. The van der Waals surface area contributed by atoms with Gasteiger partial charge in [-0.3, -0.25) is 0 Å². The van der Waals surface area contributed by atoms with Crippen LogP contribution in [0.1, 0.15) is 0 Å². The summed E-state index contributed by atoms with van der Waals surface area (Å²) in [6, 6.07) is 9.49. The van der Waals surface area contributed by atoms with Crippen LogP contribution in [0, 0.1) is 0 Å². The molecule has 0 saturated heterocycles. The molecule has 0 aliphatic carbocycles. The van der Waals surface area contributed by atoms with Crippen molar-refractivity contribution < 1.29 is 24.6 Å². The third kappa shape index (κ3) is 6.08. The van der Waals surface area contributed by atoms with Gasteiger partial charge < -0.3 is 5.73 Å². The number of anilines is 1. The standard InChI is InChI=1S/C6H7N.2CH3.Hg/c7-6-4-2-1-3-5-6;;;/h1-5H,7H2;2*1H3;. The van der Waals surface area contributed by atoms with E-state index in [2.05, 4.69) is 8.86 Å². The fourth-order valence-electron chi connectivity index (χ4n) is 0.453. The Bertz CT molecular complexity index is 151.